The zero-order valence-electron chi connectivity index (χ0n) is 16.5. The molecule has 2 fully saturated rings. The van der Waals surface area contributed by atoms with Crippen molar-refractivity contribution in [1.82, 2.24) is 4.90 Å². The number of hydrogen-bond acceptors (Lipinski definition) is 4. The van der Waals surface area contributed by atoms with E-state index in [0.717, 1.165) is 18.5 Å². The van der Waals surface area contributed by atoms with Crippen LogP contribution in [-0.2, 0) is 19.7 Å². The minimum Gasteiger partial charge on any atom is -0.450 e. The Morgan fingerprint density at radius 3 is 2.81 bits per heavy atom. The van der Waals surface area contributed by atoms with Gasteiger partial charge in [0.1, 0.15) is 12.2 Å². The van der Waals surface area contributed by atoms with Gasteiger partial charge in [-0.25, -0.2) is 4.79 Å². The molecular weight excluding hydrogens is 340 g/mol. The first-order valence-electron chi connectivity index (χ1n) is 9.91. The maximum Gasteiger partial charge on any atom is 0.329 e. The van der Waals surface area contributed by atoms with E-state index in [-0.39, 0.29) is 29.4 Å². The van der Waals surface area contributed by atoms with Gasteiger partial charge in [-0.2, -0.15) is 0 Å². The third-order valence-electron chi connectivity index (χ3n) is 6.50. The van der Waals surface area contributed by atoms with Gasteiger partial charge >= 0.3 is 5.97 Å². The maximum atomic E-state index is 13.3. The zero-order chi connectivity index (χ0) is 19.3. The van der Waals surface area contributed by atoms with Gasteiger partial charge in [-0.3, -0.25) is 4.79 Å². The van der Waals surface area contributed by atoms with Crippen molar-refractivity contribution in [2.24, 2.45) is 5.92 Å². The summed E-state index contributed by atoms with van der Waals surface area (Å²) in [6.07, 6.45) is 3.53. The molecule has 5 unspecified atom stereocenters. The molecule has 3 aliphatic rings. The van der Waals surface area contributed by atoms with E-state index in [1.165, 1.54) is 11.1 Å². The van der Waals surface area contributed by atoms with Crippen LogP contribution >= 0.6 is 0 Å². The van der Waals surface area contributed by atoms with Crippen molar-refractivity contribution in [2.45, 2.75) is 70.7 Å². The second-order valence-corrected chi connectivity index (χ2v) is 8.44. The van der Waals surface area contributed by atoms with E-state index in [1.807, 2.05) is 26.0 Å². The number of carbonyl (C=O) groups excluding carboxylic acids is 2. The van der Waals surface area contributed by atoms with Crippen molar-refractivity contribution in [3.63, 3.8) is 0 Å². The minimum absolute atomic E-state index is 0.0129. The average molecular weight is 368 g/mol. The van der Waals surface area contributed by atoms with Crippen LogP contribution in [0.15, 0.2) is 35.9 Å². The lowest BCUT2D eigenvalue weighted by Gasteiger charge is -2.39. The van der Waals surface area contributed by atoms with Gasteiger partial charge in [0.15, 0.2) is 6.10 Å². The molecule has 2 saturated heterocycles. The van der Waals surface area contributed by atoms with Crippen molar-refractivity contribution >= 4 is 17.6 Å². The smallest absolute Gasteiger partial charge is 0.329 e. The van der Waals surface area contributed by atoms with Gasteiger partial charge in [0, 0.05) is 17.0 Å². The number of carbonyl (C=O) groups is 2. The van der Waals surface area contributed by atoms with E-state index < -0.39 is 12.1 Å². The van der Waals surface area contributed by atoms with Gasteiger partial charge in [-0.05, 0) is 44.7 Å². The van der Waals surface area contributed by atoms with Gasteiger partial charge in [-0.1, -0.05) is 43.7 Å². The van der Waals surface area contributed by atoms with Gasteiger partial charge in [0.05, 0.1) is 0 Å². The van der Waals surface area contributed by atoms with Crippen molar-refractivity contribution in [1.29, 1.82) is 0 Å². The zero-order valence-corrected chi connectivity index (χ0v) is 16.5. The second-order valence-electron chi connectivity index (χ2n) is 8.44. The summed E-state index contributed by atoms with van der Waals surface area (Å²) in [5, 5.41) is 3.56. The van der Waals surface area contributed by atoms with Crippen LogP contribution in [0.4, 0.5) is 5.69 Å². The molecule has 27 heavy (non-hydrogen) atoms. The highest BCUT2D eigenvalue weighted by Gasteiger charge is 2.63. The molecular formula is C22H28N2O3. The highest BCUT2D eigenvalue weighted by molar-refractivity contribution is 5.95. The van der Waals surface area contributed by atoms with Crippen LogP contribution in [-0.4, -0.2) is 35.1 Å². The maximum absolute atomic E-state index is 13.3. The summed E-state index contributed by atoms with van der Waals surface area (Å²) in [5.41, 5.74) is 3.21. The number of cyclic esters (lactones) is 1. The summed E-state index contributed by atoms with van der Waals surface area (Å²) in [4.78, 5) is 27.9. The quantitative estimate of drug-likeness (QED) is 0.652. The molecule has 3 heterocycles. The van der Waals surface area contributed by atoms with Crippen molar-refractivity contribution in [3.8, 4) is 0 Å². The molecule has 5 nitrogen and oxygen atoms in total. The number of allylic oxidation sites excluding steroid dienone is 2. The first kappa shape index (κ1) is 18.1. The molecule has 3 aliphatic heterocycles. The van der Waals surface area contributed by atoms with Gasteiger partial charge in [0.25, 0.3) is 5.91 Å². The van der Waals surface area contributed by atoms with Crippen LogP contribution in [0.1, 0.15) is 52.5 Å². The fraction of sp³-hybridized carbons (Fsp3) is 0.545. The van der Waals surface area contributed by atoms with Crippen LogP contribution in [0, 0.1) is 5.92 Å². The Labute approximate surface area is 160 Å². The lowest BCUT2D eigenvalue weighted by atomic mass is 9.75. The normalized spacial score (nSPS) is 32.1. The molecule has 0 radical (unpaired) electrons. The number of benzene rings is 1. The van der Waals surface area contributed by atoms with Crippen LogP contribution < -0.4 is 5.32 Å². The van der Waals surface area contributed by atoms with E-state index in [4.69, 9.17) is 4.74 Å². The highest BCUT2D eigenvalue weighted by atomic mass is 16.6. The molecule has 1 aromatic rings. The average Bonchev–Trinajstić information content (AvgIpc) is 3.14. The number of para-hydroxylation sites is 1. The largest absolute Gasteiger partial charge is 0.450 e. The lowest BCUT2D eigenvalue weighted by Crippen LogP contribution is -2.59. The van der Waals surface area contributed by atoms with E-state index in [0.29, 0.717) is 6.42 Å². The number of anilines is 1. The Balaban J connectivity index is 1.78. The third-order valence-corrected chi connectivity index (χ3v) is 6.50. The summed E-state index contributed by atoms with van der Waals surface area (Å²) < 4.78 is 5.62. The number of rotatable bonds is 4. The first-order valence-corrected chi connectivity index (χ1v) is 9.91. The summed E-state index contributed by atoms with van der Waals surface area (Å²) in [6, 6.07) is 7.72. The van der Waals surface area contributed by atoms with E-state index in [1.54, 1.807) is 4.90 Å². The topological polar surface area (TPSA) is 58.6 Å². The number of nitrogens with one attached hydrogen (secondary N) is 1. The molecule has 5 heteroatoms. The number of amides is 1. The Bertz CT molecular complexity index is 814. The number of morpholine rings is 1. The Morgan fingerprint density at radius 2 is 2.11 bits per heavy atom. The number of hydrogen-bond donors (Lipinski definition) is 1. The molecule has 0 saturated carbocycles. The molecule has 144 valence electrons. The summed E-state index contributed by atoms with van der Waals surface area (Å²) in [7, 11) is 0. The third kappa shape index (κ3) is 2.59. The number of fused-ring (bicyclic) bond motifs is 5. The van der Waals surface area contributed by atoms with Crippen LogP contribution in [0.3, 0.4) is 0 Å². The Kier molecular flexibility index (Phi) is 4.28. The molecule has 4 rings (SSSR count). The SMILES string of the molecule is CCC(C)C1OC(=O)C2CC3(CC=C(C)C)c4ccccc4NC3N2C1=O. The van der Waals surface area contributed by atoms with Gasteiger partial charge in [-0.15, -0.1) is 0 Å². The summed E-state index contributed by atoms with van der Waals surface area (Å²) in [5.74, 6) is -0.303. The fourth-order valence-corrected chi connectivity index (χ4v) is 4.80. The Hall–Kier alpha value is -2.30. The predicted octanol–water partition coefficient (Wildman–Crippen LogP) is 3.60. The van der Waals surface area contributed by atoms with Crippen LogP contribution in [0.25, 0.3) is 0 Å². The number of esters is 1. The molecule has 0 bridgehead atoms. The fourth-order valence-electron chi connectivity index (χ4n) is 4.80. The second kappa shape index (κ2) is 6.39. The van der Waals surface area contributed by atoms with Gasteiger partial charge in [0.2, 0.25) is 0 Å². The molecule has 0 aliphatic carbocycles. The number of nitrogens with zero attached hydrogens (tertiary/aromatic N) is 1. The minimum atomic E-state index is -0.677. The highest BCUT2D eigenvalue weighted by Crippen LogP contribution is 2.54. The predicted molar refractivity (Wildman–Crippen MR) is 104 cm³/mol. The lowest BCUT2D eigenvalue weighted by molar-refractivity contribution is -0.180. The van der Waals surface area contributed by atoms with Gasteiger partial charge < -0.3 is 15.0 Å². The monoisotopic (exact) mass is 368 g/mol. The van der Waals surface area contributed by atoms with Crippen LogP contribution in [0.5, 0.6) is 0 Å². The van der Waals surface area contributed by atoms with E-state index in [2.05, 4.69) is 37.4 Å². The van der Waals surface area contributed by atoms with Crippen LogP contribution in [0.2, 0.25) is 0 Å². The molecule has 1 aromatic carbocycles. The van der Waals surface area contributed by atoms with Crippen molar-refractivity contribution in [2.75, 3.05) is 5.32 Å². The molecule has 5 atom stereocenters. The molecule has 0 aromatic heterocycles. The molecule has 1 amide bonds. The Morgan fingerprint density at radius 1 is 1.37 bits per heavy atom. The van der Waals surface area contributed by atoms with Crippen molar-refractivity contribution < 1.29 is 14.3 Å². The molecule has 0 spiro atoms. The number of ether oxygens (including phenoxy) is 1. The standard InChI is InChI=1S/C22H28N2O3/c1-5-14(4)18-19(25)24-17(20(26)27-18)12-22(11-10-13(2)3)15-8-6-7-9-16(15)23-21(22)24/h6-10,14,17-18,21,23H,5,11-12H2,1-4H3. The molecule has 1 N–H and O–H groups in total. The summed E-state index contributed by atoms with van der Waals surface area (Å²) >= 11 is 0. The summed E-state index contributed by atoms with van der Waals surface area (Å²) in [6.45, 7) is 8.16. The van der Waals surface area contributed by atoms with E-state index >= 15 is 0 Å². The first-order chi connectivity index (χ1) is 12.9. The van der Waals surface area contributed by atoms with Crippen molar-refractivity contribution in [3.05, 3.63) is 41.5 Å². The van der Waals surface area contributed by atoms with E-state index in [9.17, 15) is 9.59 Å².